The van der Waals surface area contributed by atoms with Gasteiger partial charge in [-0.2, -0.15) is 0 Å². The molecule has 0 aliphatic rings. The first-order valence-corrected chi connectivity index (χ1v) is 15.3. The molecule has 4 amide bonds. The van der Waals surface area contributed by atoms with Crippen LogP contribution in [0.4, 0.5) is 4.79 Å². The summed E-state index contributed by atoms with van der Waals surface area (Å²) in [4.78, 5) is 51.8. The maximum absolute atomic E-state index is 13.4. The van der Waals surface area contributed by atoms with Gasteiger partial charge in [-0.05, 0) is 49.3 Å². The fourth-order valence-corrected chi connectivity index (χ4v) is 4.31. The van der Waals surface area contributed by atoms with Gasteiger partial charge in [0.05, 0.1) is 12.1 Å². The Balaban J connectivity index is 2.06. The number of ether oxygens (including phenoxy) is 1. The predicted molar refractivity (Wildman–Crippen MR) is 176 cm³/mol. The largest absolute Gasteiger partial charge is 0.445 e. The van der Waals surface area contributed by atoms with Crippen molar-refractivity contribution in [1.29, 1.82) is 5.41 Å². The van der Waals surface area contributed by atoms with Crippen LogP contribution in [0, 0.1) is 11.3 Å². The molecule has 2 aromatic rings. The molecule has 0 heterocycles. The highest BCUT2D eigenvalue weighted by Crippen LogP contribution is 2.09. The van der Waals surface area contributed by atoms with Crippen LogP contribution in [0.15, 0.2) is 66.7 Å². The van der Waals surface area contributed by atoms with E-state index in [2.05, 4.69) is 26.6 Å². The summed E-state index contributed by atoms with van der Waals surface area (Å²) in [5.41, 5.74) is 6.96. The zero-order chi connectivity index (χ0) is 33.9. The van der Waals surface area contributed by atoms with Crippen LogP contribution in [-0.2, 0) is 25.7 Å². The monoisotopic (exact) mass is 637 g/mol. The number of hydrogen-bond acceptors (Lipinski definition) is 7. The Kier molecular flexibility index (Phi) is 16.4. The minimum absolute atomic E-state index is 0.00457. The molecule has 2 aromatic carbocycles. The molecule has 0 saturated heterocycles. The first kappa shape index (κ1) is 37.3. The number of carbonyl (C=O) groups is 4. The molecule has 250 valence electrons. The molecule has 9 N–H and O–H groups in total. The van der Waals surface area contributed by atoms with Gasteiger partial charge in [0.1, 0.15) is 18.7 Å². The van der Waals surface area contributed by atoms with Gasteiger partial charge in [-0.15, -0.1) is 0 Å². The Labute approximate surface area is 270 Å². The van der Waals surface area contributed by atoms with E-state index in [9.17, 15) is 24.3 Å². The lowest BCUT2D eigenvalue weighted by atomic mass is 10.0. The third-order valence-corrected chi connectivity index (χ3v) is 6.78. The summed E-state index contributed by atoms with van der Waals surface area (Å²) in [5, 5.41) is 31.1. The molecule has 2 rings (SSSR count). The fourth-order valence-electron chi connectivity index (χ4n) is 4.31. The molecule has 13 heteroatoms. The number of nitrogens with one attached hydrogen (secondary N) is 6. The zero-order valence-electron chi connectivity index (χ0n) is 26.6. The van der Waals surface area contributed by atoms with Gasteiger partial charge in [-0.25, -0.2) is 4.79 Å². The third kappa shape index (κ3) is 15.2. The molecular formula is C33H47N7O6. The van der Waals surface area contributed by atoms with Crippen molar-refractivity contribution in [3.63, 3.8) is 0 Å². The lowest BCUT2D eigenvalue weighted by molar-refractivity contribution is -0.131. The maximum Gasteiger partial charge on any atom is 0.408 e. The van der Waals surface area contributed by atoms with Crippen molar-refractivity contribution in [3.8, 4) is 0 Å². The number of nitrogens with two attached hydrogens (primary N) is 1. The molecule has 0 fully saturated rings. The van der Waals surface area contributed by atoms with Crippen LogP contribution in [-0.4, -0.2) is 72.2 Å². The number of aliphatic hydroxyl groups is 1. The molecule has 0 unspecified atom stereocenters. The van der Waals surface area contributed by atoms with Crippen LogP contribution in [0.1, 0.15) is 51.2 Å². The average Bonchev–Trinajstić information content (AvgIpc) is 3.02. The number of hydrogen-bond donors (Lipinski definition) is 8. The van der Waals surface area contributed by atoms with Crippen molar-refractivity contribution < 1.29 is 29.0 Å². The summed E-state index contributed by atoms with van der Waals surface area (Å²) < 4.78 is 5.29. The topological polar surface area (TPSA) is 208 Å². The average molecular weight is 638 g/mol. The second-order valence-electron chi connectivity index (χ2n) is 11.3. The van der Waals surface area contributed by atoms with Gasteiger partial charge in [-0.3, -0.25) is 19.8 Å². The van der Waals surface area contributed by atoms with Gasteiger partial charge in [0.2, 0.25) is 17.7 Å². The molecule has 0 radical (unpaired) electrons. The van der Waals surface area contributed by atoms with Crippen LogP contribution >= 0.6 is 0 Å². The van der Waals surface area contributed by atoms with Crippen LogP contribution < -0.4 is 32.3 Å². The number of alkyl carbamates (subject to hydrolysis) is 1. The molecule has 0 bridgehead atoms. The van der Waals surface area contributed by atoms with Crippen molar-refractivity contribution in [2.75, 3.05) is 13.1 Å². The van der Waals surface area contributed by atoms with Crippen LogP contribution in [0.5, 0.6) is 0 Å². The Morgan fingerprint density at radius 3 is 2.13 bits per heavy atom. The summed E-state index contributed by atoms with van der Waals surface area (Å²) in [7, 11) is 0. The van der Waals surface area contributed by atoms with Crippen LogP contribution in [0.25, 0.3) is 6.08 Å². The summed E-state index contributed by atoms with van der Waals surface area (Å²) in [6.45, 7) is 5.51. The highest BCUT2D eigenvalue weighted by molar-refractivity contribution is 5.92. The Morgan fingerprint density at radius 2 is 1.52 bits per heavy atom. The number of amides is 4. The number of benzene rings is 2. The Morgan fingerprint density at radius 1 is 0.891 bits per heavy atom. The van der Waals surface area contributed by atoms with Crippen molar-refractivity contribution in [2.24, 2.45) is 11.7 Å². The van der Waals surface area contributed by atoms with Gasteiger partial charge in [0.15, 0.2) is 5.96 Å². The van der Waals surface area contributed by atoms with E-state index in [0.29, 0.717) is 6.42 Å². The number of carbonyl (C=O) groups excluding carboxylic acids is 4. The van der Waals surface area contributed by atoms with E-state index in [0.717, 1.165) is 11.1 Å². The molecular weight excluding hydrogens is 590 g/mol. The molecule has 0 aliphatic heterocycles. The fraction of sp³-hybridized carbons (Fsp3) is 0.424. The summed E-state index contributed by atoms with van der Waals surface area (Å²) in [5.74, 6) is -1.77. The number of aliphatic hydroxyl groups excluding tert-OH is 1. The molecule has 46 heavy (non-hydrogen) atoms. The van der Waals surface area contributed by atoms with Gasteiger partial charge in [0.25, 0.3) is 0 Å². The number of rotatable bonds is 18. The summed E-state index contributed by atoms with van der Waals surface area (Å²) >= 11 is 0. The van der Waals surface area contributed by atoms with Crippen molar-refractivity contribution in [1.82, 2.24) is 26.6 Å². The molecule has 0 aromatic heterocycles. The second kappa shape index (κ2) is 20.2. The van der Waals surface area contributed by atoms with E-state index in [4.69, 9.17) is 15.9 Å². The van der Waals surface area contributed by atoms with E-state index in [1.54, 1.807) is 18.2 Å². The minimum Gasteiger partial charge on any atom is -0.445 e. The predicted octanol–water partition coefficient (Wildman–Crippen LogP) is 1.77. The quantitative estimate of drug-likeness (QED) is 0.0522. The van der Waals surface area contributed by atoms with Gasteiger partial charge in [-0.1, -0.05) is 74.5 Å². The van der Waals surface area contributed by atoms with Gasteiger partial charge in [0, 0.05) is 19.2 Å². The Bertz CT molecular complexity index is 1290. The summed E-state index contributed by atoms with van der Waals surface area (Å²) in [6, 6.07) is 15.4. The first-order chi connectivity index (χ1) is 21.9. The molecule has 13 nitrogen and oxygen atoms in total. The normalized spacial score (nSPS) is 13.6. The van der Waals surface area contributed by atoms with E-state index in [1.807, 2.05) is 62.4 Å². The van der Waals surface area contributed by atoms with Crippen LogP contribution in [0.2, 0.25) is 0 Å². The lowest BCUT2D eigenvalue weighted by Gasteiger charge is -2.27. The van der Waals surface area contributed by atoms with Crippen molar-refractivity contribution in [3.05, 3.63) is 77.9 Å². The highest BCUT2D eigenvalue weighted by atomic mass is 16.5. The lowest BCUT2D eigenvalue weighted by Crippen LogP contribution is -2.58. The van der Waals surface area contributed by atoms with Crippen molar-refractivity contribution >= 4 is 35.9 Å². The van der Waals surface area contributed by atoms with E-state index in [-0.39, 0.29) is 44.4 Å². The van der Waals surface area contributed by atoms with E-state index < -0.39 is 48.0 Å². The zero-order valence-corrected chi connectivity index (χ0v) is 26.6. The van der Waals surface area contributed by atoms with E-state index >= 15 is 0 Å². The third-order valence-electron chi connectivity index (χ3n) is 6.78. The first-order valence-electron chi connectivity index (χ1n) is 15.3. The van der Waals surface area contributed by atoms with Gasteiger partial charge >= 0.3 is 6.09 Å². The highest BCUT2D eigenvalue weighted by Gasteiger charge is 2.29. The Hall–Kier alpha value is -4.91. The second-order valence-corrected chi connectivity index (χ2v) is 11.3. The van der Waals surface area contributed by atoms with Crippen LogP contribution in [0.3, 0.4) is 0 Å². The standard InChI is InChI=1S/C33H47N7O6/c1-22(2)19-27(31(44)39-28(23(3)41)20-37-29(42)17-16-24-11-6-4-7-12-24)38-30(43)26(15-10-18-36-32(34)35)40-33(45)46-21-25-13-8-5-9-14-25/h4-9,11-14,16-17,22-23,26-28,41H,10,15,18-21H2,1-3H3,(H,37,42)(H,38,43)(H,39,44)(H,40,45)(H4,34,35,36)/b17-16+/t23-,26+,27+,28-/m1/s1. The molecule has 0 spiro atoms. The smallest absolute Gasteiger partial charge is 0.408 e. The van der Waals surface area contributed by atoms with Crippen molar-refractivity contribution in [2.45, 2.75) is 70.9 Å². The molecule has 0 aliphatic carbocycles. The summed E-state index contributed by atoms with van der Waals surface area (Å²) in [6.07, 6.45) is 2.01. The maximum atomic E-state index is 13.4. The number of guanidine groups is 1. The van der Waals surface area contributed by atoms with E-state index in [1.165, 1.54) is 13.0 Å². The SMILES string of the molecule is CC(C)C[C@H](NC(=O)[C@H](CCCNC(=N)N)NC(=O)OCc1ccccc1)C(=O)N[C@H](CNC(=O)/C=C/c1ccccc1)[C@@H](C)O. The molecule has 4 atom stereocenters. The molecule has 0 saturated carbocycles. The van der Waals surface area contributed by atoms with Gasteiger partial charge < -0.3 is 42.2 Å². The minimum atomic E-state index is -1.05.